The summed E-state index contributed by atoms with van der Waals surface area (Å²) >= 11 is 0. The third-order valence-corrected chi connectivity index (χ3v) is 0. The summed E-state index contributed by atoms with van der Waals surface area (Å²) in [4.78, 5) is 0. The first kappa shape index (κ1) is 31.1. The van der Waals surface area contributed by atoms with Gasteiger partial charge in [0.25, 0.3) is 0 Å². The molecule has 0 amide bonds. The molecule has 0 aliphatic heterocycles. The predicted molar refractivity (Wildman–Crippen MR) is 3.61 cm³/mol. The molecular weight excluding hydrogens is 403 g/mol. The molecule has 0 atom stereocenters. The minimum absolute atomic E-state index is 0. The molecule has 0 radical (unpaired) electrons. The number of hydrogen-bond donors (Lipinski definition) is 0. The standard InChI is InChI=1S/3ClHO4.H2O.Y/c3*2-1(3,4)5;;/h3*(H,2,3,4,5);1H2;/q;;;;+3/p-3. The van der Waals surface area contributed by atoms with Crippen molar-refractivity contribution >= 4 is 0 Å². The molecule has 17 heavy (non-hydrogen) atoms. The van der Waals surface area contributed by atoms with Gasteiger partial charge in [0.05, 0.1) is 0 Å². The molecular formula is H2Cl3O13Y. The predicted octanol–water partition coefficient (Wildman–Crippen LogP) is -15.1. The van der Waals surface area contributed by atoms with Crippen molar-refractivity contribution in [2.75, 3.05) is 0 Å². The summed E-state index contributed by atoms with van der Waals surface area (Å²) in [6.07, 6.45) is 0. The molecule has 104 valence electrons. The van der Waals surface area contributed by atoms with Gasteiger partial charge in [0.2, 0.25) is 0 Å². The Morgan fingerprint density at radius 3 is 0.353 bits per heavy atom. The van der Waals surface area contributed by atoms with Crippen LogP contribution in [-0.4, -0.2) is 5.48 Å². The van der Waals surface area contributed by atoms with Crippen LogP contribution in [0.3, 0.4) is 0 Å². The Morgan fingerprint density at radius 2 is 0.353 bits per heavy atom. The quantitative estimate of drug-likeness (QED) is 0.362. The second-order valence-corrected chi connectivity index (χ2v) is 3.40. The Balaban J connectivity index is -0.0000000400. The zero-order chi connectivity index (χ0) is 13.5. The van der Waals surface area contributed by atoms with E-state index < -0.39 is 30.7 Å². The molecule has 0 heterocycles. The van der Waals surface area contributed by atoms with E-state index in [1.807, 2.05) is 0 Å². The van der Waals surface area contributed by atoms with Crippen molar-refractivity contribution in [1.82, 2.24) is 0 Å². The molecule has 0 spiro atoms. The molecule has 0 aliphatic rings. The van der Waals surface area contributed by atoms with E-state index in [4.69, 9.17) is 55.9 Å². The first-order chi connectivity index (χ1) is 6.00. The SMILES string of the molecule is O.[O-][Cl+3]([O-])([O-])[O-].[O-][Cl+3]([O-])([O-])[O-].[O-][Cl+3]([O-])([O-])[O-].[Y+3]. The summed E-state index contributed by atoms with van der Waals surface area (Å²) in [5.74, 6) is 0. The second kappa shape index (κ2) is 12.5. The van der Waals surface area contributed by atoms with Gasteiger partial charge in [-0.25, -0.2) is 55.9 Å². The van der Waals surface area contributed by atoms with Gasteiger partial charge in [-0.2, -0.15) is 0 Å². The van der Waals surface area contributed by atoms with Crippen molar-refractivity contribution in [3.05, 3.63) is 0 Å². The van der Waals surface area contributed by atoms with Gasteiger partial charge in [-0.1, -0.05) is 0 Å². The van der Waals surface area contributed by atoms with E-state index in [2.05, 4.69) is 0 Å². The first-order valence-corrected chi connectivity index (χ1v) is 5.55. The zero-order valence-corrected chi connectivity index (χ0v) is 12.2. The molecule has 0 bridgehead atoms. The monoisotopic (exact) mass is 404 g/mol. The van der Waals surface area contributed by atoms with E-state index in [1.165, 1.54) is 0 Å². The number of rotatable bonds is 0. The van der Waals surface area contributed by atoms with E-state index in [9.17, 15) is 0 Å². The molecule has 0 aromatic rings. The Kier molecular flexibility index (Phi) is 22.8. The van der Waals surface area contributed by atoms with Gasteiger partial charge in [-0.05, 0) is 0 Å². The maximum Gasteiger partial charge on any atom is 3.00 e. The normalized spacial score (nSPS) is 10.6. The molecule has 2 N–H and O–H groups in total. The second-order valence-electron chi connectivity index (χ2n) is 1.13. The fraction of sp³-hybridized carbons (Fsp3) is 0. The van der Waals surface area contributed by atoms with Gasteiger partial charge in [-0.15, -0.1) is 30.7 Å². The van der Waals surface area contributed by atoms with E-state index in [0.717, 1.165) is 0 Å². The topological polar surface area (TPSA) is 308 Å². The van der Waals surface area contributed by atoms with Crippen LogP contribution >= 0.6 is 0 Å². The van der Waals surface area contributed by atoms with Crippen LogP contribution in [-0.2, 0) is 32.7 Å². The maximum atomic E-state index is 8.49. The van der Waals surface area contributed by atoms with Crippen LogP contribution in [0.5, 0.6) is 0 Å². The smallest absolute Gasteiger partial charge is 0.412 e. The van der Waals surface area contributed by atoms with E-state index in [0.29, 0.717) is 0 Å². The summed E-state index contributed by atoms with van der Waals surface area (Å²) in [6, 6.07) is 0. The van der Waals surface area contributed by atoms with Crippen molar-refractivity contribution in [3.63, 3.8) is 0 Å². The Morgan fingerprint density at radius 1 is 0.353 bits per heavy atom. The van der Waals surface area contributed by atoms with E-state index in [-0.39, 0.29) is 38.2 Å². The van der Waals surface area contributed by atoms with Crippen LogP contribution in [0.15, 0.2) is 0 Å². The van der Waals surface area contributed by atoms with E-state index >= 15 is 0 Å². The fourth-order valence-corrected chi connectivity index (χ4v) is 0. The van der Waals surface area contributed by atoms with Crippen molar-refractivity contribution in [2.24, 2.45) is 0 Å². The Bertz CT molecular complexity index is 91.7. The summed E-state index contributed by atoms with van der Waals surface area (Å²) in [5, 5.41) is 0. The molecule has 0 saturated heterocycles. The summed E-state index contributed by atoms with van der Waals surface area (Å²) < 4.78 is 102. The van der Waals surface area contributed by atoms with Crippen molar-refractivity contribution in [1.29, 1.82) is 0 Å². The average molecular weight is 405 g/mol. The minimum Gasteiger partial charge on any atom is -0.412 e. The van der Waals surface area contributed by atoms with Gasteiger partial charge in [0.15, 0.2) is 0 Å². The van der Waals surface area contributed by atoms with Crippen LogP contribution < -0.4 is 55.9 Å². The van der Waals surface area contributed by atoms with Gasteiger partial charge in [-0.3, -0.25) is 0 Å². The molecule has 0 unspecified atom stereocenters. The number of halogens is 3. The number of hydrogen-bond acceptors (Lipinski definition) is 12. The Labute approximate surface area is 124 Å². The maximum absolute atomic E-state index is 8.49. The molecule has 0 aromatic heterocycles. The largest absolute Gasteiger partial charge is 3.00 e. The first-order valence-electron chi connectivity index (χ1n) is 1.85. The molecule has 0 aliphatic carbocycles. The van der Waals surface area contributed by atoms with Gasteiger partial charge in [0, 0.05) is 0 Å². The van der Waals surface area contributed by atoms with E-state index in [1.54, 1.807) is 0 Å². The molecule has 17 heteroatoms. The summed E-state index contributed by atoms with van der Waals surface area (Å²) in [5.41, 5.74) is 0. The average Bonchev–Trinajstić information content (AvgIpc) is 1.41. The van der Waals surface area contributed by atoms with Crippen LogP contribution in [0.1, 0.15) is 0 Å². The molecule has 0 saturated carbocycles. The van der Waals surface area contributed by atoms with Crippen LogP contribution in [0, 0.1) is 30.7 Å². The third kappa shape index (κ3) is 1970. The Hall–Kier alpha value is 1.45. The molecule has 0 rings (SSSR count). The van der Waals surface area contributed by atoms with Gasteiger partial charge >= 0.3 is 32.7 Å². The van der Waals surface area contributed by atoms with Crippen LogP contribution in [0.2, 0.25) is 0 Å². The van der Waals surface area contributed by atoms with Crippen LogP contribution in [0.25, 0.3) is 0 Å². The van der Waals surface area contributed by atoms with Crippen molar-refractivity contribution in [2.45, 2.75) is 0 Å². The van der Waals surface area contributed by atoms with Gasteiger partial charge in [0.1, 0.15) is 0 Å². The molecule has 0 fully saturated rings. The third-order valence-electron chi connectivity index (χ3n) is 0. The summed E-state index contributed by atoms with van der Waals surface area (Å²) in [7, 11) is -14.8. The van der Waals surface area contributed by atoms with Crippen molar-refractivity contribution in [3.8, 4) is 0 Å². The van der Waals surface area contributed by atoms with Crippen LogP contribution in [0.4, 0.5) is 0 Å². The van der Waals surface area contributed by atoms with Crippen molar-refractivity contribution < 1.29 is 125 Å². The van der Waals surface area contributed by atoms with Gasteiger partial charge < -0.3 is 5.48 Å². The molecule has 13 nitrogen and oxygen atoms in total. The summed E-state index contributed by atoms with van der Waals surface area (Å²) in [6.45, 7) is 0. The zero-order valence-electron chi connectivity index (χ0n) is 7.11. The minimum atomic E-state index is -4.94. The fourth-order valence-electron chi connectivity index (χ4n) is 0. The molecule has 0 aromatic carbocycles.